The van der Waals surface area contributed by atoms with Crippen LogP contribution in [-0.2, 0) is 4.84 Å². The first-order chi connectivity index (χ1) is 8.37. The second-order valence-electron chi connectivity index (χ2n) is 4.11. The van der Waals surface area contributed by atoms with E-state index in [-0.39, 0.29) is 5.03 Å². The van der Waals surface area contributed by atoms with Gasteiger partial charge in [0.2, 0.25) is 0 Å². The maximum absolute atomic E-state index is 12.4. The molecule has 0 spiro atoms. The van der Waals surface area contributed by atoms with Gasteiger partial charge < -0.3 is 4.84 Å². The minimum Gasteiger partial charge on any atom is -0.411 e. The lowest BCUT2D eigenvalue weighted by molar-refractivity contribution is -0.213. The van der Waals surface area contributed by atoms with Crippen molar-refractivity contribution in [3.8, 4) is 0 Å². The second kappa shape index (κ2) is 4.82. The lowest BCUT2D eigenvalue weighted by Crippen LogP contribution is -2.33. The molecular weight excluding hydrogens is 267 g/mol. The molecule has 0 saturated heterocycles. The van der Waals surface area contributed by atoms with Gasteiger partial charge in [-0.1, -0.05) is 41.4 Å². The first-order valence-electron chi connectivity index (χ1n) is 5.29. The maximum atomic E-state index is 12.4. The molecule has 0 aliphatic carbocycles. The van der Waals surface area contributed by atoms with Crippen LogP contribution in [0.5, 0.6) is 0 Å². The first kappa shape index (κ1) is 13.2. The third-order valence-electron chi connectivity index (χ3n) is 2.58. The molecule has 1 aliphatic rings. The van der Waals surface area contributed by atoms with Crippen molar-refractivity contribution < 1.29 is 18.0 Å². The summed E-state index contributed by atoms with van der Waals surface area (Å²) in [6, 6.07) is 6.43. The van der Waals surface area contributed by atoms with Crippen molar-refractivity contribution in [1.29, 1.82) is 0 Å². The van der Waals surface area contributed by atoms with Crippen molar-refractivity contribution in [3.63, 3.8) is 0 Å². The van der Waals surface area contributed by atoms with Crippen molar-refractivity contribution in [2.45, 2.75) is 19.1 Å². The Bertz CT molecular complexity index is 455. The minimum atomic E-state index is -4.34. The topological polar surface area (TPSA) is 12.5 Å². The highest BCUT2D eigenvalue weighted by Crippen LogP contribution is 2.38. The van der Waals surface area contributed by atoms with Gasteiger partial charge in [-0.05, 0) is 12.5 Å². The molecule has 1 aromatic carbocycles. The van der Waals surface area contributed by atoms with E-state index < -0.39 is 18.8 Å². The first-order valence-corrected chi connectivity index (χ1v) is 5.67. The number of hydroxylamine groups is 2. The van der Waals surface area contributed by atoms with E-state index in [1.54, 1.807) is 12.1 Å². The van der Waals surface area contributed by atoms with Crippen LogP contribution in [0.1, 0.15) is 17.2 Å². The summed E-state index contributed by atoms with van der Waals surface area (Å²) in [7, 11) is 0. The number of benzene rings is 1. The van der Waals surface area contributed by atoms with E-state index in [9.17, 15) is 13.2 Å². The molecule has 0 bridgehead atoms. The van der Waals surface area contributed by atoms with Gasteiger partial charge in [-0.3, -0.25) is 0 Å². The van der Waals surface area contributed by atoms with Gasteiger partial charge in [0.1, 0.15) is 18.8 Å². The highest BCUT2D eigenvalue weighted by Gasteiger charge is 2.39. The molecule has 1 atom stereocenters. The zero-order valence-electron chi connectivity index (χ0n) is 9.54. The summed E-state index contributed by atoms with van der Waals surface area (Å²) < 4.78 is 37.2. The van der Waals surface area contributed by atoms with Gasteiger partial charge in [0.05, 0.1) is 5.03 Å². The van der Waals surface area contributed by atoms with Gasteiger partial charge >= 0.3 is 6.18 Å². The molecule has 0 amide bonds. The Morgan fingerprint density at radius 1 is 1.28 bits per heavy atom. The van der Waals surface area contributed by atoms with Crippen molar-refractivity contribution in [2.24, 2.45) is 0 Å². The van der Waals surface area contributed by atoms with Gasteiger partial charge in [0.25, 0.3) is 0 Å². The van der Waals surface area contributed by atoms with Crippen molar-refractivity contribution >= 4 is 11.6 Å². The predicted octanol–water partition coefficient (Wildman–Crippen LogP) is 3.93. The largest absolute Gasteiger partial charge is 0.411 e. The molecule has 0 saturated carbocycles. The van der Waals surface area contributed by atoms with Crippen LogP contribution in [0.15, 0.2) is 35.6 Å². The molecule has 0 N–H and O–H groups in total. The van der Waals surface area contributed by atoms with E-state index in [1.807, 2.05) is 19.1 Å². The molecule has 0 fully saturated rings. The third-order valence-corrected chi connectivity index (χ3v) is 2.87. The molecule has 6 heteroatoms. The summed E-state index contributed by atoms with van der Waals surface area (Å²) in [6.07, 6.45) is -3.20. The van der Waals surface area contributed by atoms with Crippen LogP contribution in [-0.4, -0.2) is 17.8 Å². The molecule has 18 heavy (non-hydrogen) atoms. The summed E-state index contributed by atoms with van der Waals surface area (Å²) in [4.78, 5) is 4.86. The highest BCUT2D eigenvalue weighted by atomic mass is 35.5. The Kier molecular flexibility index (Phi) is 3.54. The smallest absolute Gasteiger partial charge is 0.404 e. The van der Waals surface area contributed by atoms with Gasteiger partial charge in [-0.25, -0.2) is 0 Å². The molecule has 2 nitrogen and oxygen atoms in total. The Hall–Kier alpha value is -1.20. The molecule has 1 unspecified atom stereocenters. The van der Waals surface area contributed by atoms with Crippen LogP contribution in [0.2, 0.25) is 0 Å². The van der Waals surface area contributed by atoms with Crippen molar-refractivity contribution in [3.05, 3.63) is 46.7 Å². The van der Waals surface area contributed by atoms with Crippen LogP contribution >= 0.6 is 11.6 Å². The predicted molar refractivity (Wildman–Crippen MR) is 61.7 cm³/mol. The van der Waals surface area contributed by atoms with Crippen molar-refractivity contribution in [2.75, 3.05) is 6.54 Å². The van der Waals surface area contributed by atoms with Gasteiger partial charge in [-0.2, -0.15) is 13.2 Å². The number of nitrogens with zero attached hydrogens (tertiary/aromatic N) is 1. The number of aryl methyl sites for hydroxylation is 1. The summed E-state index contributed by atoms with van der Waals surface area (Å²) >= 11 is 5.90. The van der Waals surface area contributed by atoms with E-state index in [4.69, 9.17) is 16.4 Å². The number of alkyl halides is 3. The summed E-state index contributed by atoms with van der Waals surface area (Å²) in [5.41, 5.74) is 1.70. The van der Waals surface area contributed by atoms with Gasteiger partial charge in [0.15, 0.2) is 0 Å². The number of hydrogen-bond acceptors (Lipinski definition) is 2. The monoisotopic (exact) mass is 277 g/mol. The maximum Gasteiger partial charge on any atom is 0.404 e. The molecule has 1 heterocycles. The van der Waals surface area contributed by atoms with E-state index >= 15 is 0 Å². The lowest BCUT2D eigenvalue weighted by atomic mass is 10.1. The third kappa shape index (κ3) is 2.97. The fourth-order valence-corrected chi connectivity index (χ4v) is 2.04. The Morgan fingerprint density at radius 2 is 1.89 bits per heavy atom. The lowest BCUT2D eigenvalue weighted by Gasteiger charge is -2.24. The Balaban J connectivity index is 2.22. The summed E-state index contributed by atoms with van der Waals surface area (Å²) in [5, 5.41) is 1.07. The molecule has 0 radical (unpaired) electrons. The number of rotatable bonds is 2. The molecule has 1 aliphatic heterocycles. The van der Waals surface area contributed by atoms with Crippen LogP contribution in [0.25, 0.3) is 0 Å². The van der Waals surface area contributed by atoms with Crippen LogP contribution < -0.4 is 0 Å². The van der Waals surface area contributed by atoms with E-state index in [1.165, 1.54) is 0 Å². The number of halogens is 4. The summed E-state index contributed by atoms with van der Waals surface area (Å²) in [5.74, 6) is 0. The zero-order valence-corrected chi connectivity index (χ0v) is 10.3. The SMILES string of the molecule is Cc1ccc(C2C(Cl)=CON2CC(F)(F)F)cc1. The quantitative estimate of drug-likeness (QED) is 0.812. The Labute approximate surface area is 108 Å². The van der Waals surface area contributed by atoms with Crippen LogP contribution in [0, 0.1) is 6.92 Å². The summed E-state index contributed by atoms with van der Waals surface area (Å²) in [6.45, 7) is 0.734. The van der Waals surface area contributed by atoms with Gasteiger partial charge in [-0.15, -0.1) is 5.06 Å². The van der Waals surface area contributed by atoms with Crippen molar-refractivity contribution in [1.82, 2.24) is 5.06 Å². The van der Waals surface area contributed by atoms with Crippen LogP contribution in [0.3, 0.4) is 0 Å². The Morgan fingerprint density at radius 3 is 2.44 bits per heavy atom. The van der Waals surface area contributed by atoms with E-state index in [2.05, 4.69) is 0 Å². The average molecular weight is 278 g/mol. The normalized spacial score (nSPS) is 20.7. The van der Waals surface area contributed by atoms with E-state index in [0.717, 1.165) is 16.9 Å². The molecule has 2 rings (SSSR count). The number of hydrogen-bond donors (Lipinski definition) is 0. The molecule has 1 aromatic rings. The highest BCUT2D eigenvalue weighted by molar-refractivity contribution is 6.30. The zero-order chi connectivity index (χ0) is 13.3. The average Bonchev–Trinajstić information content (AvgIpc) is 2.59. The standard InChI is InChI=1S/C12H11ClF3NO/c1-8-2-4-9(5-3-8)11-10(13)6-18-17(11)7-12(14,15)16/h2-6,11H,7H2,1H3. The fourth-order valence-electron chi connectivity index (χ4n) is 1.76. The van der Waals surface area contributed by atoms with Crippen LogP contribution in [0.4, 0.5) is 13.2 Å². The molecule has 98 valence electrons. The second-order valence-corrected chi connectivity index (χ2v) is 4.55. The molecular formula is C12H11ClF3NO. The molecule has 0 aromatic heterocycles. The fraction of sp³-hybridized carbons (Fsp3) is 0.333. The minimum absolute atomic E-state index is 0.239. The van der Waals surface area contributed by atoms with Gasteiger partial charge in [0, 0.05) is 0 Å². The van der Waals surface area contributed by atoms with E-state index in [0.29, 0.717) is 5.56 Å².